The van der Waals surface area contributed by atoms with Crippen molar-refractivity contribution in [3.8, 4) is 11.5 Å². The van der Waals surface area contributed by atoms with Crippen LogP contribution in [-0.4, -0.2) is 32.1 Å². The van der Waals surface area contributed by atoms with Crippen molar-refractivity contribution < 1.29 is 19.1 Å². The zero-order valence-electron chi connectivity index (χ0n) is 14.9. The number of para-hydroxylation sites is 2. The molecule has 1 aliphatic rings. The van der Waals surface area contributed by atoms with Gasteiger partial charge in [-0.05, 0) is 43.3 Å². The van der Waals surface area contributed by atoms with E-state index in [0.717, 1.165) is 11.4 Å². The van der Waals surface area contributed by atoms with Crippen LogP contribution in [0, 0.1) is 5.92 Å². The van der Waals surface area contributed by atoms with Crippen LogP contribution in [0.4, 0.5) is 11.4 Å². The Morgan fingerprint density at radius 1 is 1.19 bits per heavy atom. The van der Waals surface area contributed by atoms with E-state index in [0.29, 0.717) is 24.6 Å². The largest absolute Gasteiger partial charge is 0.495 e. The highest BCUT2D eigenvalue weighted by Gasteiger charge is 2.35. The molecule has 0 aliphatic carbocycles. The highest BCUT2D eigenvalue weighted by Crippen LogP contribution is 2.29. The molecule has 3 rings (SSSR count). The van der Waals surface area contributed by atoms with Crippen molar-refractivity contribution in [2.24, 2.45) is 5.92 Å². The molecule has 1 heterocycles. The molecule has 0 spiro atoms. The summed E-state index contributed by atoms with van der Waals surface area (Å²) >= 11 is 0. The average Bonchev–Trinajstić information content (AvgIpc) is 3.05. The molecule has 2 aromatic rings. The molecule has 2 amide bonds. The molecule has 0 aromatic heterocycles. The molecule has 0 bridgehead atoms. The van der Waals surface area contributed by atoms with Crippen LogP contribution in [-0.2, 0) is 9.59 Å². The van der Waals surface area contributed by atoms with Crippen LogP contribution in [0.3, 0.4) is 0 Å². The molecule has 0 radical (unpaired) electrons. The molecular formula is C20H22N2O4. The topological polar surface area (TPSA) is 67.9 Å². The molecule has 1 N–H and O–H groups in total. The lowest BCUT2D eigenvalue weighted by Crippen LogP contribution is -2.28. The minimum Gasteiger partial charge on any atom is -0.495 e. The van der Waals surface area contributed by atoms with Crippen LogP contribution in [0.25, 0.3) is 0 Å². The molecule has 26 heavy (non-hydrogen) atoms. The predicted molar refractivity (Wildman–Crippen MR) is 99.7 cm³/mol. The van der Waals surface area contributed by atoms with Crippen molar-refractivity contribution in [1.82, 2.24) is 0 Å². The van der Waals surface area contributed by atoms with Crippen molar-refractivity contribution in [1.29, 1.82) is 0 Å². The number of hydrogen-bond acceptors (Lipinski definition) is 4. The number of amides is 2. The minimum absolute atomic E-state index is 0.0608. The van der Waals surface area contributed by atoms with E-state index in [1.165, 1.54) is 0 Å². The Labute approximate surface area is 152 Å². The lowest BCUT2D eigenvalue weighted by molar-refractivity contribution is -0.122. The summed E-state index contributed by atoms with van der Waals surface area (Å²) in [5.74, 6) is 0.700. The Hall–Kier alpha value is -3.02. The lowest BCUT2D eigenvalue weighted by atomic mass is 10.1. The van der Waals surface area contributed by atoms with Gasteiger partial charge in [0.25, 0.3) is 0 Å². The van der Waals surface area contributed by atoms with Gasteiger partial charge in [-0.3, -0.25) is 9.59 Å². The van der Waals surface area contributed by atoms with E-state index >= 15 is 0 Å². The van der Waals surface area contributed by atoms with E-state index < -0.39 is 5.92 Å². The predicted octanol–water partition coefficient (Wildman–Crippen LogP) is 3.09. The summed E-state index contributed by atoms with van der Waals surface area (Å²) in [6.45, 7) is 2.86. The van der Waals surface area contributed by atoms with Crippen LogP contribution in [0.5, 0.6) is 11.5 Å². The number of nitrogens with zero attached hydrogens (tertiary/aromatic N) is 1. The van der Waals surface area contributed by atoms with Crippen molar-refractivity contribution in [2.75, 3.05) is 30.5 Å². The molecule has 1 fully saturated rings. The number of rotatable bonds is 6. The lowest BCUT2D eigenvalue weighted by Gasteiger charge is -2.17. The highest BCUT2D eigenvalue weighted by atomic mass is 16.5. The van der Waals surface area contributed by atoms with Gasteiger partial charge in [0, 0.05) is 18.7 Å². The Morgan fingerprint density at radius 2 is 1.92 bits per heavy atom. The number of carbonyl (C=O) groups excluding carboxylic acids is 2. The molecule has 6 nitrogen and oxygen atoms in total. The standard InChI is InChI=1S/C20H22N2O4/c1-3-26-16-10-8-15(9-11-16)22-13-14(12-19(22)23)20(24)21-17-6-4-5-7-18(17)25-2/h4-11,14H,3,12-13H2,1-2H3,(H,21,24)/t14-/m1/s1. The maximum absolute atomic E-state index is 12.6. The van der Waals surface area contributed by atoms with Gasteiger partial charge in [-0.15, -0.1) is 0 Å². The number of benzene rings is 2. The fraction of sp³-hybridized carbons (Fsp3) is 0.300. The Balaban J connectivity index is 1.68. The van der Waals surface area contributed by atoms with Crippen LogP contribution in [0.2, 0.25) is 0 Å². The maximum atomic E-state index is 12.6. The van der Waals surface area contributed by atoms with Gasteiger partial charge in [0.1, 0.15) is 11.5 Å². The number of anilines is 2. The van der Waals surface area contributed by atoms with Crippen molar-refractivity contribution in [3.05, 3.63) is 48.5 Å². The molecular weight excluding hydrogens is 332 g/mol. The second kappa shape index (κ2) is 7.91. The molecule has 6 heteroatoms. The first-order valence-corrected chi connectivity index (χ1v) is 8.59. The third-order valence-electron chi connectivity index (χ3n) is 4.32. The van der Waals surface area contributed by atoms with Gasteiger partial charge in [-0.2, -0.15) is 0 Å². The third kappa shape index (κ3) is 3.79. The number of hydrogen-bond donors (Lipinski definition) is 1. The molecule has 1 atom stereocenters. The summed E-state index contributed by atoms with van der Waals surface area (Å²) < 4.78 is 10.7. The summed E-state index contributed by atoms with van der Waals surface area (Å²) in [4.78, 5) is 26.6. The molecule has 1 saturated heterocycles. The summed E-state index contributed by atoms with van der Waals surface area (Å²) in [5, 5.41) is 2.86. The van der Waals surface area contributed by atoms with Crippen molar-refractivity contribution in [2.45, 2.75) is 13.3 Å². The number of carbonyl (C=O) groups is 2. The van der Waals surface area contributed by atoms with E-state index in [4.69, 9.17) is 9.47 Å². The summed E-state index contributed by atoms with van der Waals surface area (Å²) in [6.07, 6.45) is 0.189. The quantitative estimate of drug-likeness (QED) is 0.866. The van der Waals surface area contributed by atoms with Gasteiger partial charge in [0.05, 0.1) is 25.3 Å². The van der Waals surface area contributed by atoms with Gasteiger partial charge >= 0.3 is 0 Å². The summed E-state index contributed by atoms with van der Waals surface area (Å²) in [6, 6.07) is 14.5. The van der Waals surface area contributed by atoms with E-state index in [2.05, 4.69) is 5.32 Å². The zero-order valence-corrected chi connectivity index (χ0v) is 14.9. The van der Waals surface area contributed by atoms with E-state index in [1.54, 1.807) is 24.1 Å². The van der Waals surface area contributed by atoms with Gasteiger partial charge in [0.15, 0.2) is 0 Å². The fourth-order valence-corrected chi connectivity index (χ4v) is 3.00. The third-order valence-corrected chi connectivity index (χ3v) is 4.32. The normalized spacial score (nSPS) is 16.5. The minimum atomic E-state index is -0.404. The second-order valence-corrected chi connectivity index (χ2v) is 6.02. The Kier molecular flexibility index (Phi) is 5.41. The van der Waals surface area contributed by atoms with Crippen molar-refractivity contribution >= 4 is 23.2 Å². The van der Waals surface area contributed by atoms with Crippen LogP contribution >= 0.6 is 0 Å². The SMILES string of the molecule is CCOc1ccc(N2C[C@H](C(=O)Nc3ccccc3OC)CC2=O)cc1. The first kappa shape index (κ1) is 17.8. The molecule has 0 unspecified atom stereocenters. The summed E-state index contributed by atoms with van der Waals surface area (Å²) in [7, 11) is 1.55. The Bertz CT molecular complexity index is 789. The summed E-state index contributed by atoms with van der Waals surface area (Å²) in [5.41, 5.74) is 1.37. The zero-order chi connectivity index (χ0) is 18.5. The van der Waals surface area contributed by atoms with Crippen LogP contribution in [0.15, 0.2) is 48.5 Å². The van der Waals surface area contributed by atoms with Crippen molar-refractivity contribution in [3.63, 3.8) is 0 Å². The van der Waals surface area contributed by atoms with Gasteiger partial charge < -0.3 is 19.7 Å². The average molecular weight is 354 g/mol. The van der Waals surface area contributed by atoms with Crippen LogP contribution < -0.4 is 19.7 Å². The molecule has 136 valence electrons. The van der Waals surface area contributed by atoms with Gasteiger partial charge in [0.2, 0.25) is 11.8 Å². The first-order valence-electron chi connectivity index (χ1n) is 8.59. The molecule has 2 aromatic carbocycles. The fourth-order valence-electron chi connectivity index (χ4n) is 3.00. The Morgan fingerprint density at radius 3 is 2.62 bits per heavy atom. The van der Waals surface area contributed by atoms with E-state index in [9.17, 15) is 9.59 Å². The van der Waals surface area contributed by atoms with Gasteiger partial charge in [-0.1, -0.05) is 12.1 Å². The maximum Gasteiger partial charge on any atom is 0.229 e. The molecule has 0 saturated carbocycles. The number of methoxy groups -OCH3 is 1. The smallest absolute Gasteiger partial charge is 0.229 e. The number of ether oxygens (including phenoxy) is 2. The molecule has 1 aliphatic heterocycles. The van der Waals surface area contributed by atoms with Gasteiger partial charge in [-0.25, -0.2) is 0 Å². The van der Waals surface area contributed by atoms with Crippen LogP contribution in [0.1, 0.15) is 13.3 Å². The number of nitrogens with one attached hydrogen (secondary N) is 1. The first-order chi connectivity index (χ1) is 12.6. The van der Waals surface area contributed by atoms with E-state index in [-0.39, 0.29) is 18.2 Å². The highest BCUT2D eigenvalue weighted by molar-refractivity contribution is 6.03. The monoisotopic (exact) mass is 354 g/mol. The second-order valence-electron chi connectivity index (χ2n) is 6.02. The van der Waals surface area contributed by atoms with E-state index in [1.807, 2.05) is 43.3 Å².